The lowest BCUT2D eigenvalue weighted by molar-refractivity contribution is -0.122. The van der Waals surface area contributed by atoms with Crippen molar-refractivity contribution < 1.29 is 9.53 Å². The van der Waals surface area contributed by atoms with E-state index >= 15 is 0 Å². The van der Waals surface area contributed by atoms with Crippen molar-refractivity contribution in [3.63, 3.8) is 0 Å². The molecule has 1 heterocycles. The zero-order valence-corrected chi connectivity index (χ0v) is 16.1. The van der Waals surface area contributed by atoms with Crippen molar-refractivity contribution in [2.75, 3.05) is 7.11 Å². The van der Waals surface area contributed by atoms with E-state index in [1.807, 2.05) is 13.8 Å². The van der Waals surface area contributed by atoms with Gasteiger partial charge in [0.05, 0.1) is 23.7 Å². The molecule has 0 radical (unpaired) electrons. The molecule has 1 aromatic heterocycles. The molecule has 0 spiro atoms. The van der Waals surface area contributed by atoms with Gasteiger partial charge in [-0.1, -0.05) is 25.1 Å². The topological polar surface area (TPSA) is 82.3 Å². The Bertz CT molecular complexity index is 1130. The number of ether oxygens (including phenoxy) is 1. The third kappa shape index (κ3) is 3.69. The highest BCUT2D eigenvalue weighted by Crippen LogP contribution is 2.15. The fourth-order valence-electron chi connectivity index (χ4n) is 3.02. The zero-order valence-electron chi connectivity index (χ0n) is 16.1. The van der Waals surface area contributed by atoms with Crippen LogP contribution in [0.4, 0.5) is 0 Å². The molecule has 0 aliphatic carbocycles. The second kappa shape index (κ2) is 8.12. The Morgan fingerprint density at radius 2 is 1.89 bits per heavy atom. The molecule has 28 heavy (non-hydrogen) atoms. The highest BCUT2D eigenvalue weighted by atomic mass is 16.5. The summed E-state index contributed by atoms with van der Waals surface area (Å²) in [6, 6.07) is 13.5. The van der Waals surface area contributed by atoms with Gasteiger partial charge in [0.15, 0.2) is 0 Å². The van der Waals surface area contributed by atoms with Gasteiger partial charge >= 0.3 is 5.69 Å². The van der Waals surface area contributed by atoms with Crippen molar-refractivity contribution in [1.82, 2.24) is 14.5 Å². The number of nitrogens with zero attached hydrogens (tertiary/aromatic N) is 2. The summed E-state index contributed by atoms with van der Waals surface area (Å²) < 4.78 is 7.60. The lowest BCUT2D eigenvalue weighted by atomic mass is 10.2. The first-order valence-electron chi connectivity index (χ1n) is 9.14. The second-order valence-corrected chi connectivity index (χ2v) is 6.60. The van der Waals surface area contributed by atoms with Gasteiger partial charge in [-0.05, 0) is 37.6 Å². The van der Waals surface area contributed by atoms with Gasteiger partial charge in [0.2, 0.25) is 5.91 Å². The van der Waals surface area contributed by atoms with E-state index in [2.05, 4.69) is 5.32 Å². The number of nitrogens with one attached hydrogen (secondary N) is 1. The molecule has 0 bridgehead atoms. The maximum atomic E-state index is 13.2. The normalized spacial score (nSPS) is 12.0. The first kappa shape index (κ1) is 19.4. The summed E-state index contributed by atoms with van der Waals surface area (Å²) in [7, 11) is 1.51. The number of carbonyl (C=O) groups excluding carboxylic acids is 1. The van der Waals surface area contributed by atoms with Crippen LogP contribution in [0, 0.1) is 0 Å². The van der Waals surface area contributed by atoms with Gasteiger partial charge in [0.25, 0.3) is 5.56 Å². The lowest BCUT2D eigenvalue weighted by Gasteiger charge is -2.16. The molecule has 1 atom stereocenters. The Morgan fingerprint density at radius 3 is 2.61 bits per heavy atom. The molecule has 146 valence electrons. The van der Waals surface area contributed by atoms with Crippen LogP contribution in [0.25, 0.3) is 16.6 Å². The minimum atomic E-state index is -0.573. The van der Waals surface area contributed by atoms with Crippen LogP contribution in [-0.2, 0) is 11.3 Å². The van der Waals surface area contributed by atoms with Crippen molar-refractivity contribution in [2.24, 2.45) is 0 Å². The summed E-state index contributed by atoms with van der Waals surface area (Å²) in [4.78, 5) is 38.7. The molecule has 0 saturated carbocycles. The smallest absolute Gasteiger partial charge is 0.336 e. The Labute approximate surface area is 162 Å². The quantitative estimate of drug-likeness (QED) is 0.709. The van der Waals surface area contributed by atoms with Gasteiger partial charge in [-0.25, -0.2) is 9.36 Å². The fraction of sp³-hybridized carbons (Fsp3) is 0.286. The Morgan fingerprint density at radius 1 is 1.14 bits per heavy atom. The predicted octanol–water partition coefficient (Wildman–Crippen LogP) is 2.08. The summed E-state index contributed by atoms with van der Waals surface area (Å²) in [6.07, 6.45) is 0.782. The van der Waals surface area contributed by atoms with E-state index in [0.717, 1.165) is 11.0 Å². The number of fused-ring (bicyclic) bond motifs is 1. The van der Waals surface area contributed by atoms with Gasteiger partial charge in [-0.15, -0.1) is 0 Å². The maximum absolute atomic E-state index is 13.2. The fourth-order valence-corrected chi connectivity index (χ4v) is 3.02. The second-order valence-electron chi connectivity index (χ2n) is 6.60. The Hall–Kier alpha value is -3.35. The number of carbonyl (C=O) groups is 1. The molecule has 2 aromatic carbocycles. The molecule has 3 rings (SSSR count). The molecular weight excluding hydrogens is 358 g/mol. The van der Waals surface area contributed by atoms with E-state index in [1.165, 1.54) is 11.7 Å². The average molecular weight is 381 g/mol. The lowest BCUT2D eigenvalue weighted by Crippen LogP contribution is -2.43. The molecule has 7 heteroatoms. The van der Waals surface area contributed by atoms with E-state index in [0.29, 0.717) is 22.3 Å². The highest BCUT2D eigenvalue weighted by molar-refractivity contribution is 5.82. The monoisotopic (exact) mass is 381 g/mol. The highest BCUT2D eigenvalue weighted by Gasteiger charge is 2.17. The molecule has 0 unspecified atom stereocenters. The number of benzene rings is 2. The SMILES string of the molecule is CC[C@@H](C)NC(=O)Cn1c(=O)n(-c2cccc(OC)c2)c(=O)c2ccccc21. The first-order chi connectivity index (χ1) is 13.5. The number of para-hydroxylation sites is 1. The van der Waals surface area contributed by atoms with Crippen LogP contribution in [0.2, 0.25) is 0 Å². The third-order valence-electron chi connectivity index (χ3n) is 4.68. The van der Waals surface area contributed by atoms with Crippen molar-refractivity contribution in [2.45, 2.75) is 32.9 Å². The van der Waals surface area contributed by atoms with Crippen LogP contribution in [0.3, 0.4) is 0 Å². The van der Waals surface area contributed by atoms with Gasteiger partial charge in [0, 0.05) is 12.1 Å². The van der Waals surface area contributed by atoms with Crippen LogP contribution in [0.1, 0.15) is 20.3 Å². The van der Waals surface area contributed by atoms with Crippen molar-refractivity contribution in [1.29, 1.82) is 0 Å². The van der Waals surface area contributed by atoms with Crippen LogP contribution >= 0.6 is 0 Å². The van der Waals surface area contributed by atoms with E-state index in [9.17, 15) is 14.4 Å². The summed E-state index contributed by atoms with van der Waals surface area (Å²) in [5.74, 6) is 0.246. The molecule has 3 aromatic rings. The van der Waals surface area contributed by atoms with Gasteiger partial charge < -0.3 is 10.1 Å². The van der Waals surface area contributed by atoms with Crippen molar-refractivity contribution >= 4 is 16.8 Å². The number of rotatable bonds is 6. The van der Waals surface area contributed by atoms with Gasteiger partial charge in [0.1, 0.15) is 12.3 Å². The molecule has 1 amide bonds. The first-order valence-corrected chi connectivity index (χ1v) is 9.14. The van der Waals surface area contributed by atoms with Crippen LogP contribution < -0.4 is 21.3 Å². The Kier molecular flexibility index (Phi) is 5.63. The molecule has 7 nitrogen and oxygen atoms in total. The molecule has 0 saturated heterocycles. The standard InChI is InChI=1S/C21H23N3O4/c1-4-14(2)22-19(25)13-23-18-11-6-5-10-17(18)20(26)24(21(23)27)15-8-7-9-16(12-15)28-3/h5-12,14H,4,13H2,1-3H3,(H,22,25)/t14-/m1/s1. The van der Waals surface area contributed by atoms with Gasteiger partial charge in [-0.2, -0.15) is 0 Å². The summed E-state index contributed by atoms with van der Waals surface area (Å²) in [6.45, 7) is 3.69. The minimum Gasteiger partial charge on any atom is -0.497 e. The van der Waals surface area contributed by atoms with E-state index < -0.39 is 11.2 Å². The summed E-state index contributed by atoms with van der Waals surface area (Å²) in [5.41, 5.74) is -0.198. The predicted molar refractivity (Wildman–Crippen MR) is 108 cm³/mol. The molecule has 0 fully saturated rings. The van der Waals surface area contributed by atoms with Gasteiger partial charge in [-0.3, -0.25) is 14.2 Å². The largest absolute Gasteiger partial charge is 0.497 e. The number of hydrogen-bond acceptors (Lipinski definition) is 4. The van der Waals surface area contributed by atoms with E-state index in [1.54, 1.807) is 48.5 Å². The zero-order chi connectivity index (χ0) is 20.3. The average Bonchev–Trinajstić information content (AvgIpc) is 2.71. The molecule has 1 N–H and O–H groups in total. The van der Waals surface area contributed by atoms with Crippen molar-refractivity contribution in [3.05, 3.63) is 69.4 Å². The minimum absolute atomic E-state index is 0.00115. The van der Waals surface area contributed by atoms with Crippen molar-refractivity contribution in [3.8, 4) is 11.4 Å². The van der Waals surface area contributed by atoms with E-state index in [-0.39, 0.29) is 18.5 Å². The molecule has 0 aliphatic heterocycles. The summed E-state index contributed by atoms with van der Waals surface area (Å²) >= 11 is 0. The van der Waals surface area contributed by atoms with Crippen LogP contribution in [-0.4, -0.2) is 28.2 Å². The number of amides is 1. The summed E-state index contributed by atoms with van der Waals surface area (Å²) in [5, 5.41) is 3.22. The van der Waals surface area contributed by atoms with Crippen LogP contribution in [0.15, 0.2) is 58.1 Å². The Balaban J connectivity index is 2.22. The molecule has 0 aliphatic rings. The third-order valence-corrected chi connectivity index (χ3v) is 4.68. The number of aromatic nitrogens is 2. The maximum Gasteiger partial charge on any atom is 0.336 e. The van der Waals surface area contributed by atoms with E-state index in [4.69, 9.17) is 4.74 Å². The van der Waals surface area contributed by atoms with Crippen LogP contribution in [0.5, 0.6) is 5.75 Å². The number of methoxy groups -OCH3 is 1. The molecular formula is C21H23N3O4. The number of hydrogen-bond donors (Lipinski definition) is 1.